The Hall–Kier alpha value is -5.36. The number of carbonyl (C=O) groups is 1. The van der Waals surface area contributed by atoms with E-state index in [4.69, 9.17) is 33.7 Å². The van der Waals surface area contributed by atoms with Gasteiger partial charge in [0.1, 0.15) is 28.9 Å². The van der Waals surface area contributed by atoms with Crippen LogP contribution < -0.4 is 18.9 Å². The minimum atomic E-state index is -1.39. The number of nitrogens with zero attached hydrogens (tertiary/aromatic N) is 2. The molecule has 2 saturated carbocycles. The van der Waals surface area contributed by atoms with Gasteiger partial charge in [-0.1, -0.05) is 92.2 Å². The van der Waals surface area contributed by atoms with Crippen molar-refractivity contribution in [1.82, 2.24) is 4.90 Å². The lowest BCUT2D eigenvalue weighted by molar-refractivity contribution is -0.258. The molecule has 0 unspecified atom stereocenters. The molecule has 0 radical (unpaired) electrons. The summed E-state index contributed by atoms with van der Waals surface area (Å²) < 4.78 is 33.2. The zero-order chi connectivity index (χ0) is 47.3. The quantitative estimate of drug-likeness (QED) is 0.0506. The van der Waals surface area contributed by atoms with E-state index in [1.165, 1.54) is 12.8 Å². The first-order chi connectivity index (χ1) is 33.1. The Morgan fingerprint density at radius 2 is 1.60 bits per heavy atom. The average Bonchev–Trinajstić information content (AvgIpc) is 4.05. The molecule has 5 aliphatic rings. The van der Waals surface area contributed by atoms with Crippen LogP contribution in [0.3, 0.4) is 0 Å². The predicted molar refractivity (Wildman–Crippen MR) is 264 cm³/mol. The van der Waals surface area contributed by atoms with E-state index in [1.54, 1.807) is 6.08 Å². The second-order valence-electron chi connectivity index (χ2n) is 20.5. The van der Waals surface area contributed by atoms with E-state index in [9.17, 15) is 10.2 Å². The summed E-state index contributed by atoms with van der Waals surface area (Å²) in [4.78, 5) is 23.8. The topological polar surface area (TPSA) is 129 Å². The highest BCUT2D eigenvalue weighted by Crippen LogP contribution is 2.62. The number of aliphatic hydroxyl groups is 2. The fourth-order valence-corrected chi connectivity index (χ4v) is 11.6. The largest absolute Gasteiger partial charge is 0.459 e. The minimum absolute atomic E-state index is 0.0342. The molecule has 3 aliphatic carbocycles. The van der Waals surface area contributed by atoms with Crippen molar-refractivity contribution in [3.05, 3.63) is 114 Å². The normalized spacial score (nSPS) is 24.5. The molecule has 0 saturated heterocycles. The van der Waals surface area contributed by atoms with Crippen molar-refractivity contribution in [2.24, 2.45) is 28.8 Å². The second kappa shape index (κ2) is 21.1. The van der Waals surface area contributed by atoms with Crippen LogP contribution in [0.5, 0.6) is 28.7 Å². The molecule has 2 N–H and O–H groups in total. The Morgan fingerprint density at radius 1 is 0.868 bits per heavy atom. The summed E-state index contributed by atoms with van der Waals surface area (Å²) >= 11 is 0. The van der Waals surface area contributed by atoms with Crippen molar-refractivity contribution in [3.8, 4) is 28.7 Å². The Morgan fingerprint density at radius 3 is 2.38 bits per heavy atom. The van der Waals surface area contributed by atoms with Gasteiger partial charge < -0.3 is 43.6 Å². The van der Waals surface area contributed by atoms with Crippen LogP contribution in [-0.2, 0) is 20.9 Å². The van der Waals surface area contributed by atoms with E-state index < -0.39 is 23.3 Å². The molecule has 2 fully saturated rings. The van der Waals surface area contributed by atoms with Crippen molar-refractivity contribution in [3.63, 3.8) is 0 Å². The van der Waals surface area contributed by atoms with Gasteiger partial charge in [-0.3, -0.25) is 4.79 Å². The number of amides is 1. The number of rotatable bonds is 20. The van der Waals surface area contributed by atoms with Crippen LogP contribution in [0.2, 0.25) is 0 Å². The van der Waals surface area contributed by atoms with Crippen LogP contribution in [0.4, 0.5) is 0 Å². The van der Waals surface area contributed by atoms with Crippen LogP contribution in [-0.4, -0.2) is 70.8 Å². The molecule has 2 heterocycles. The van der Waals surface area contributed by atoms with Gasteiger partial charge in [0.15, 0.2) is 11.5 Å². The molecule has 362 valence electrons. The highest BCUT2D eigenvalue weighted by molar-refractivity contribution is 6.03. The van der Waals surface area contributed by atoms with E-state index in [0.29, 0.717) is 54.6 Å². The lowest BCUT2D eigenvalue weighted by atomic mass is 9.55. The summed E-state index contributed by atoms with van der Waals surface area (Å²) in [5.41, 5.74) is 3.09. The molecule has 4 aromatic rings. The molecule has 0 aromatic heterocycles. The number of ether oxygens (including phenoxy) is 5. The number of fused-ring (bicyclic) bond motifs is 4. The van der Waals surface area contributed by atoms with Gasteiger partial charge in [-0.25, -0.2) is 0 Å². The Bertz CT molecular complexity index is 2470. The van der Waals surface area contributed by atoms with Crippen LogP contribution >= 0.6 is 0 Å². The number of unbranched alkanes of at least 4 members (excludes halogenated alkanes) is 2. The third-order valence-electron chi connectivity index (χ3n) is 14.8. The first-order valence-electron chi connectivity index (χ1n) is 25.2. The van der Waals surface area contributed by atoms with E-state index in [1.807, 2.05) is 74.2 Å². The molecule has 68 heavy (non-hydrogen) atoms. The van der Waals surface area contributed by atoms with Crippen LogP contribution in [0.25, 0.3) is 10.8 Å². The second-order valence-corrected chi connectivity index (χ2v) is 20.5. The molecular formula is C57H70N2O9. The van der Waals surface area contributed by atoms with Crippen LogP contribution in [0, 0.1) is 23.7 Å². The monoisotopic (exact) mass is 927 g/mol. The van der Waals surface area contributed by atoms with Crippen LogP contribution in [0.15, 0.2) is 108 Å². The highest BCUT2D eigenvalue weighted by Gasteiger charge is 2.65. The van der Waals surface area contributed by atoms with E-state index in [0.717, 1.165) is 83.9 Å². The Kier molecular flexibility index (Phi) is 14.8. The molecular weight excluding hydrogens is 857 g/mol. The fraction of sp³-hybridized carbons (Fsp3) is 0.509. The summed E-state index contributed by atoms with van der Waals surface area (Å²) in [6, 6.07) is 25.8. The van der Waals surface area contributed by atoms with Gasteiger partial charge in [-0.2, -0.15) is 0 Å². The van der Waals surface area contributed by atoms with E-state index in [-0.39, 0.29) is 56.8 Å². The van der Waals surface area contributed by atoms with Crippen LogP contribution in [0.1, 0.15) is 121 Å². The lowest BCUT2D eigenvalue weighted by Gasteiger charge is -2.60. The number of benzene rings is 4. The molecule has 2 aliphatic heterocycles. The summed E-state index contributed by atoms with van der Waals surface area (Å²) in [5, 5.41) is 27.4. The number of hydrogen-bond donors (Lipinski definition) is 2. The zero-order valence-electron chi connectivity index (χ0n) is 40.2. The maximum Gasteiger partial charge on any atom is 0.239 e. The zero-order valence-corrected chi connectivity index (χ0v) is 40.2. The van der Waals surface area contributed by atoms with Gasteiger partial charge in [0.25, 0.3) is 0 Å². The summed E-state index contributed by atoms with van der Waals surface area (Å²) in [6.45, 7) is 11.0. The van der Waals surface area contributed by atoms with Gasteiger partial charge >= 0.3 is 0 Å². The van der Waals surface area contributed by atoms with Gasteiger partial charge in [-0.15, -0.1) is 6.58 Å². The number of oxime groups is 1. The van der Waals surface area contributed by atoms with Gasteiger partial charge in [0.05, 0.1) is 18.2 Å². The molecule has 6 atom stereocenters. The smallest absolute Gasteiger partial charge is 0.239 e. The van der Waals surface area contributed by atoms with E-state index >= 15 is 4.79 Å². The number of hydrogen-bond acceptors (Lipinski definition) is 10. The van der Waals surface area contributed by atoms with Gasteiger partial charge in [0.2, 0.25) is 18.5 Å². The van der Waals surface area contributed by atoms with Crippen molar-refractivity contribution in [1.29, 1.82) is 0 Å². The van der Waals surface area contributed by atoms with Crippen molar-refractivity contribution in [2.75, 3.05) is 26.6 Å². The van der Waals surface area contributed by atoms with Crippen molar-refractivity contribution >= 4 is 22.4 Å². The first-order valence-corrected chi connectivity index (χ1v) is 25.2. The van der Waals surface area contributed by atoms with Crippen molar-refractivity contribution in [2.45, 2.75) is 134 Å². The standard InChI is InChI=1S/C57H70N2O9/c1-5-30-65-57-52(59(53(62)27-21-38-14-6-7-15-38)36-39-20-25-50-51(31-39)64-37-63-50)35-48(58-68-56(2,3)4)46-33-42(18-10-12-28-60)45(19-11-13-29-61)54(55(46)57)47-34-44(24-26-49(47)67-57)66-43-23-22-40-16-8-9-17-41(40)32-43/h5,8-9,16-17,20,22-26,31-34,38,42,45,52,54-55,60-61H,1,6-7,10-15,18-19,21,27-30,35-37H2,2-4H3/t42-,45+,52-,54+,55+,57+/m0/s1. The maximum absolute atomic E-state index is 15.4. The maximum atomic E-state index is 15.4. The van der Waals surface area contributed by atoms with Gasteiger partial charge in [0, 0.05) is 44.1 Å². The molecule has 0 bridgehead atoms. The fourth-order valence-electron chi connectivity index (χ4n) is 11.6. The predicted octanol–water partition coefficient (Wildman–Crippen LogP) is 11.8. The molecule has 4 aromatic carbocycles. The minimum Gasteiger partial charge on any atom is -0.459 e. The SMILES string of the molecule is C=CCO[C@@]12Oc3ccc(Oc4ccc5ccccc5c4)cc3[C@H]3[C@H](CCCCO)[C@@H](CCCCO)C=C(C(=NOC(C)(C)C)C[C@@H]1N(Cc1ccc4c(c1)OCO4)C(=O)CCC1CCCC1)[C@H]32. The molecule has 11 heteroatoms. The number of allylic oxidation sites excluding steroid dienone is 1. The molecule has 0 spiro atoms. The number of aliphatic hydroxyl groups excluding tert-OH is 2. The molecule has 1 amide bonds. The third-order valence-corrected chi connectivity index (χ3v) is 14.8. The number of carbonyl (C=O) groups excluding carboxylic acids is 1. The highest BCUT2D eigenvalue weighted by atomic mass is 16.7. The lowest BCUT2D eigenvalue weighted by Crippen LogP contribution is -2.70. The van der Waals surface area contributed by atoms with E-state index in [2.05, 4.69) is 43.0 Å². The Balaban J connectivity index is 1.23. The van der Waals surface area contributed by atoms with Gasteiger partial charge in [-0.05, 0) is 135 Å². The summed E-state index contributed by atoms with van der Waals surface area (Å²) in [5.74, 6) is 2.14. The van der Waals surface area contributed by atoms with Crippen molar-refractivity contribution < 1.29 is 43.5 Å². The third kappa shape index (κ3) is 10.3. The first kappa shape index (κ1) is 47.7. The average molecular weight is 927 g/mol. The Labute approximate surface area is 402 Å². The molecule has 11 nitrogen and oxygen atoms in total. The molecule has 9 rings (SSSR count). The summed E-state index contributed by atoms with van der Waals surface area (Å²) in [7, 11) is 0. The summed E-state index contributed by atoms with van der Waals surface area (Å²) in [6.07, 6.45) is 15.1.